The van der Waals surface area contributed by atoms with Crippen LogP contribution in [0.3, 0.4) is 0 Å². The van der Waals surface area contributed by atoms with E-state index in [1.165, 1.54) is 0 Å². The molecule has 0 radical (unpaired) electrons. The van der Waals surface area contributed by atoms with Gasteiger partial charge >= 0.3 is 5.97 Å². The molecule has 1 fully saturated rings. The highest BCUT2D eigenvalue weighted by molar-refractivity contribution is 8.26. The number of rotatable bonds is 5. The smallest absolute Gasteiger partial charge is 0.323 e. The molecule has 2 N–H and O–H groups in total. The summed E-state index contributed by atoms with van der Waals surface area (Å²) in [5.41, 5.74) is 2.84. The fraction of sp³-hybridized carbons (Fsp3) is 0.278. The highest BCUT2D eigenvalue weighted by atomic mass is 32.2. The van der Waals surface area contributed by atoms with E-state index >= 15 is 0 Å². The summed E-state index contributed by atoms with van der Waals surface area (Å²) in [6, 6.07) is 5.73. The van der Waals surface area contributed by atoms with E-state index in [4.69, 9.17) is 22.1 Å². The number of nitrogens with zero attached hydrogens (tertiary/aromatic N) is 1. The van der Waals surface area contributed by atoms with E-state index in [0.717, 1.165) is 44.6 Å². The van der Waals surface area contributed by atoms with Crippen LogP contribution in [-0.4, -0.2) is 44.8 Å². The molecule has 1 aromatic carbocycles. The lowest BCUT2D eigenvalue weighted by molar-refractivity contribution is -0.140. The summed E-state index contributed by atoms with van der Waals surface area (Å²) in [6.07, 6.45) is 1.79. The van der Waals surface area contributed by atoms with E-state index in [9.17, 15) is 9.59 Å². The Morgan fingerprint density at radius 1 is 1.46 bits per heavy atom. The van der Waals surface area contributed by atoms with Crippen molar-refractivity contribution in [1.82, 2.24) is 9.88 Å². The fourth-order valence-electron chi connectivity index (χ4n) is 2.85. The number of H-pyrrole nitrogens is 1. The number of hydrogen-bond acceptors (Lipinski definition) is 5. The molecule has 0 atom stereocenters. The maximum Gasteiger partial charge on any atom is 0.323 e. The van der Waals surface area contributed by atoms with Crippen LogP contribution in [0, 0.1) is 0 Å². The van der Waals surface area contributed by atoms with Gasteiger partial charge in [0.15, 0.2) is 0 Å². The number of ether oxygens (including phenoxy) is 1. The molecule has 0 spiro atoms. The third-order valence-electron chi connectivity index (χ3n) is 4.10. The number of aromatic nitrogens is 1. The number of thiocarbonyl (C=S) groups is 1. The molecule has 1 saturated heterocycles. The maximum atomic E-state index is 12.6. The zero-order chi connectivity index (χ0) is 19.0. The Labute approximate surface area is 160 Å². The molecule has 8 heteroatoms. The van der Waals surface area contributed by atoms with Crippen molar-refractivity contribution in [3.63, 3.8) is 0 Å². The summed E-state index contributed by atoms with van der Waals surface area (Å²) in [5, 5.41) is 9.91. The second kappa shape index (κ2) is 7.13. The number of thioether (sulfide) groups is 1. The lowest BCUT2D eigenvalue weighted by atomic mass is 10.0. The van der Waals surface area contributed by atoms with Crippen molar-refractivity contribution in [3.05, 3.63) is 34.4 Å². The van der Waals surface area contributed by atoms with Gasteiger partial charge in [0.1, 0.15) is 16.6 Å². The minimum absolute atomic E-state index is 0.212. The average Bonchev–Trinajstić information content (AvgIpc) is 3.07. The standard InChI is InChI=1S/C18H18N2O4S2/c1-9(2)16-12(11-6-10(24-3)4-5-13(11)19-16)7-14-17(23)20(8-15(21)22)18(25)26-14/h4-7,9,19H,8H2,1-3H3,(H,21,22)/b14-7-. The topological polar surface area (TPSA) is 82.6 Å². The van der Waals surface area contributed by atoms with Gasteiger partial charge < -0.3 is 14.8 Å². The Morgan fingerprint density at radius 2 is 2.19 bits per heavy atom. The number of carbonyl (C=O) groups is 2. The van der Waals surface area contributed by atoms with Gasteiger partial charge in [-0.2, -0.15) is 0 Å². The van der Waals surface area contributed by atoms with E-state index in [1.54, 1.807) is 13.2 Å². The molecular formula is C18H18N2O4S2. The van der Waals surface area contributed by atoms with Gasteiger partial charge in [-0.1, -0.05) is 37.8 Å². The van der Waals surface area contributed by atoms with Crippen LogP contribution < -0.4 is 4.74 Å². The largest absolute Gasteiger partial charge is 0.497 e. The van der Waals surface area contributed by atoms with E-state index in [0.29, 0.717) is 4.91 Å². The maximum absolute atomic E-state index is 12.6. The molecule has 6 nitrogen and oxygen atoms in total. The van der Waals surface area contributed by atoms with Gasteiger partial charge in [0.2, 0.25) is 0 Å². The summed E-state index contributed by atoms with van der Waals surface area (Å²) in [6.45, 7) is 3.70. The van der Waals surface area contributed by atoms with Gasteiger partial charge in [-0.05, 0) is 30.2 Å². The number of methoxy groups -OCH3 is 1. The van der Waals surface area contributed by atoms with Crippen LogP contribution in [0.25, 0.3) is 17.0 Å². The van der Waals surface area contributed by atoms with Crippen LogP contribution in [0.5, 0.6) is 5.75 Å². The third kappa shape index (κ3) is 3.34. The minimum atomic E-state index is -1.10. The Bertz CT molecular complexity index is 946. The number of aliphatic carboxylic acids is 1. The predicted octanol–water partition coefficient (Wildman–Crippen LogP) is 3.59. The number of benzene rings is 1. The Hall–Kier alpha value is -2.32. The molecular weight excluding hydrogens is 372 g/mol. The SMILES string of the molecule is COc1ccc2[nH]c(C(C)C)c(/C=C3\SC(=S)N(CC(=O)O)C3=O)c2c1. The number of hydrogen-bond donors (Lipinski definition) is 2. The number of carboxylic acids is 1. The zero-order valence-electron chi connectivity index (χ0n) is 14.5. The van der Waals surface area contributed by atoms with Crippen molar-refractivity contribution < 1.29 is 19.4 Å². The Kier molecular flexibility index (Phi) is 5.06. The lowest BCUT2D eigenvalue weighted by Gasteiger charge is -2.10. The van der Waals surface area contributed by atoms with Crippen molar-refractivity contribution in [3.8, 4) is 5.75 Å². The summed E-state index contributed by atoms with van der Waals surface area (Å²) < 4.78 is 5.57. The first-order valence-electron chi connectivity index (χ1n) is 7.98. The molecule has 0 unspecified atom stereocenters. The van der Waals surface area contributed by atoms with Crippen molar-refractivity contribution in [2.45, 2.75) is 19.8 Å². The molecule has 0 bridgehead atoms. The average molecular weight is 390 g/mol. The molecule has 2 heterocycles. The van der Waals surface area contributed by atoms with Crippen LogP contribution in [-0.2, 0) is 9.59 Å². The summed E-state index contributed by atoms with van der Waals surface area (Å²) in [7, 11) is 1.61. The summed E-state index contributed by atoms with van der Waals surface area (Å²) in [4.78, 5) is 28.5. The lowest BCUT2D eigenvalue weighted by Crippen LogP contribution is -2.33. The molecule has 1 aliphatic rings. The second-order valence-corrected chi connectivity index (χ2v) is 7.86. The van der Waals surface area contributed by atoms with E-state index in [2.05, 4.69) is 18.8 Å². The Morgan fingerprint density at radius 3 is 2.81 bits per heavy atom. The van der Waals surface area contributed by atoms with Crippen LogP contribution in [0.4, 0.5) is 0 Å². The Balaban J connectivity index is 2.11. The van der Waals surface area contributed by atoms with Crippen molar-refractivity contribution in [2.24, 2.45) is 0 Å². The summed E-state index contributed by atoms with van der Waals surface area (Å²) in [5.74, 6) is -0.541. The van der Waals surface area contributed by atoms with E-state index in [-0.39, 0.29) is 16.1 Å². The minimum Gasteiger partial charge on any atom is -0.497 e. The molecule has 1 aliphatic heterocycles. The van der Waals surface area contributed by atoms with Crippen LogP contribution in [0.1, 0.15) is 31.0 Å². The van der Waals surface area contributed by atoms with Gasteiger partial charge in [-0.25, -0.2) is 0 Å². The predicted molar refractivity (Wildman–Crippen MR) is 106 cm³/mol. The van der Waals surface area contributed by atoms with Crippen molar-refractivity contribution in [1.29, 1.82) is 0 Å². The van der Waals surface area contributed by atoms with Gasteiger partial charge in [-0.15, -0.1) is 0 Å². The van der Waals surface area contributed by atoms with Gasteiger partial charge in [0.05, 0.1) is 12.0 Å². The molecule has 1 aromatic heterocycles. The first kappa shape index (κ1) is 18.5. The zero-order valence-corrected chi connectivity index (χ0v) is 16.2. The van der Waals surface area contributed by atoms with Crippen molar-refractivity contribution in [2.75, 3.05) is 13.7 Å². The number of carboxylic acid groups (broad SMARTS) is 1. The van der Waals surface area contributed by atoms with Gasteiger partial charge in [0.25, 0.3) is 5.91 Å². The van der Waals surface area contributed by atoms with Gasteiger partial charge in [0, 0.05) is 22.2 Å². The van der Waals surface area contributed by atoms with E-state index < -0.39 is 12.5 Å². The first-order chi connectivity index (χ1) is 12.3. The number of carbonyl (C=O) groups excluding carboxylic acids is 1. The van der Waals surface area contributed by atoms with Crippen molar-refractivity contribution >= 4 is 57.2 Å². The number of amides is 1. The number of nitrogens with one attached hydrogen (secondary N) is 1. The summed E-state index contributed by atoms with van der Waals surface area (Å²) >= 11 is 6.29. The fourth-order valence-corrected chi connectivity index (χ4v) is 4.09. The van der Waals surface area contributed by atoms with E-state index in [1.807, 2.05) is 18.2 Å². The monoisotopic (exact) mass is 390 g/mol. The molecule has 1 amide bonds. The van der Waals surface area contributed by atoms with Gasteiger partial charge in [-0.3, -0.25) is 14.5 Å². The quantitative estimate of drug-likeness (QED) is 0.600. The third-order valence-corrected chi connectivity index (χ3v) is 5.47. The molecule has 26 heavy (non-hydrogen) atoms. The normalized spacial score (nSPS) is 16.3. The highest BCUT2D eigenvalue weighted by Crippen LogP contribution is 2.37. The second-order valence-electron chi connectivity index (χ2n) is 6.18. The van der Waals surface area contributed by atoms with Crippen LogP contribution in [0.15, 0.2) is 23.1 Å². The molecule has 0 saturated carbocycles. The highest BCUT2D eigenvalue weighted by Gasteiger charge is 2.33. The number of fused-ring (bicyclic) bond motifs is 1. The van der Waals surface area contributed by atoms with Crippen LogP contribution in [0.2, 0.25) is 0 Å². The molecule has 2 aromatic rings. The molecule has 136 valence electrons. The number of aromatic amines is 1. The molecule has 3 rings (SSSR count). The van der Waals surface area contributed by atoms with Crippen LogP contribution >= 0.6 is 24.0 Å². The first-order valence-corrected chi connectivity index (χ1v) is 9.21. The molecule has 0 aliphatic carbocycles.